The number of hydrogen-bond donors (Lipinski definition) is 0. The smallest absolute Gasteiger partial charge is 0.0991 e. The van der Waals surface area contributed by atoms with E-state index in [9.17, 15) is 10.5 Å². The highest BCUT2D eigenvalue weighted by Crippen LogP contribution is 2.53. The van der Waals surface area contributed by atoms with E-state index in [1.807, 2.05) is 18.2 Å². The molecule has 4 nitrogen and oxygen atoms in total. The third kappa shape index (κ3) is 4.05. The van der Waals surface area contributed by atoms with Crippen molar-refractivity contribution in [1.82, 2.24) is 9.13 Å². The number of aromatic nitrogens is 2. The molecule has 0 bridgehead atoms. The van der Waals surface area contributed by atoms with Crippen LogP contribution in [0, 0.1) is 22.7 Å². The molecule has 0 saturated heterocycles. The van der Waals surface area contributed by atoms with Crippen LogP contribution in [-0.4, -0.2) is 9.13 Å². The highest BCUT2D eigenvalue weighted by Gasteiger charge is 2.38. The first kappa shape index (κ1) is 29.1. The second-order valence-corrected chi connectivity index (χ2v) is 14.0. The van der Waals surface area contributed by atoms with E-state index in [1.165, 1.54) is 33.0 Å². The van der Waals surface area contributed by atoms with Gasteiger partial charge in [-0.05, 0) is 94.5 Å². The Labute approximate surface area is 295 Å². The summed E-state index contributed by atoms with van der Waals surface area (Å²) in [5.41, 5.74) is 14.9. The van der Waals surface area contributed by atoms with Gasteiger partial charge in [0.25, 0.3) is 0 Å². The fourth-order valence-electron chi connectivity index (χ4n) is 8.60. The van der Waals surface area contributed by atoms with Crippen molar-refractivity contribution in [2.24, 2.45) is 0 Å². The molecule has 238 valence electrons. The first-order chi connectivity index (χ1) is 25.0. The lowest BCUT2D eigenvalue weighted by Gasteiger charge is -2.21. The molecule has 10 rings (SSSR count). The maximum absolute atomic E-state index is 9.88. The van der Waals surface area contributed by atoms with Gasteiger partial charge in [0.05, 0.1) is 45.3 Å². The summed E-state index contributed by atoms with van der Waals surface area (Å²) in [7, 11) is 0. The molecule has 1 aliphatic carbocycles. The third-order valence-electron chi connectivity index (χ3n) is 10.9. The minimum atomic E-state index is -0.195. The largest absolute Gasteiger partial charge is 0.309 e. The Bertz CT molecular complexity index is 3030. The molecule has 0 aliphatic heterocycles. The molecule has 0 fully saturated rings. The van der Waals surface area contributed by atoms with E-state index < -0.39 is 0 Å². The quantitative estimate of drug-likeness (QED) is 0.191. The molecular weight excluding hydrogens is 621 g/mol. The molecule has 0 unspecified atom stereocenters. The Hall–Kier alpha value is -6.88. The van der Waals surface area contributed by atoms with Gasteiger partial charge in [0.2, 0.25) is 0 Å². The van der Waals surface area contributed by atoms with Gasteiger partial charge in [0.1, 0.15) is 0 Å². The SMILES string of the molecule is CC1(C)c2ccc(C#N)cc2-c2c1ccc1c3ccccc3n(-c3cccc(-c4cccc(-n5c6ccccc6c6cc(C#N)ccc65)c4)c3)c21. The normalized spacial score (nSPS) is 13.0. The first-order valence-electron chi connectivity index (χ1n) is 17.2. The van der Waals surface area contributed by atoms with Gasteiger partial charge in [0, 0.05) is 43.9 Å². The van der Waals surface area contributed by atoms with Gasteiger partial charge in [-0.15, -0.1) is 0 Å². The molecular formula is C47H30N4. The highest BCUT2D eigenvalue weighted by atomic mass is 15.0. The van der Waals surface area contributed by atoms with E-state index >= 15 is 0 Å². The van der Waals surface area contributed by atoms with Crippen LogP contribution in [0.15, 0.2) is 146 Å². The minimum Gasteiger partial charge on any atom is -0.309 e. The predicted octanol–water partition coefficient (Wildman–Crippen LogP) is 11.6. The molecule has 9 aromatic rings. The Balaban J connectivity index is 1.19. The van der Waals surface area contributed by atoms with Crippen LogP contribution in [-0.2, 0) is 5.41 Å². The van der Waals surface area contributed by atoms with Crippen molar-refractivity contribution >= 4 is 43.6 Å². The van der Waals surface area contributed by atoms with Crippen molar-refractivity contribution in [3.8, 4) is 45.8 Å². The van der Waals surface area contributed by atoms with Crippen molar-refractivity contribution in [3.63, 3.8) is 0 Å². The van der Waals surface area contributed by atoms with Gasteiger partial charge in [-0.3, -0.25) is 0 Å². The lowest BCUT2D eigenvalue weighted by atomic mass is 9.82. The summed E-state index contributed by atoms with van der Waals surface area (Å²) in [6.07, 6.45) is 0. The zero-order valence-corrected chi connectivity index (χ0v) is 28.1. The van der Waals surface area contributed by atoms with Crippen LogP contribution in [0.1, 0.15) is 36.1 Å². The van der Waals surface area contributed by atoms with E-state index in [0.717, 1.165) is 55.4 Å². The number of nitrogens with zero attached hydrogens (tertiary/aromatic N) is 4. The molecule has 0 atom stereocenters. The Morgan fingerprint density at radius 1 is 0.471 bits per heavy atom. The summed E-state index contributed by atoms with van der Waals surface area (Å²) in [5, 5.41) is 24.1. The topological polar surface area (TPSA) is 57.4 Å². The number of rotatable bonds is 3. The summed E-state index contributed by atoms with van der Waals surface area (Å²) < 4.78 is 4.71. The third-order valence-corrected chi connectivity index (χ3v) is 10.9. The average Bonchev–Trinajstić information content (AvgIpc) is 3.77. The summed E-state index contributed by atoms with van der Waals surface area (Å²) in [6, 6.07) is 56.0. The number of benzene rings is 7. The van der Waals surface area contributed by atoms with Gasteiger partial charge in [-0.1, -0.05) is 92.7 Å². The van der Waals surface area contributed by atoms with Crippen molar-refractivity contribution in [1.29, 1.82) is 10.5 Å². The maximum atomic E-state index is 9.88. The molecule has 0 saturated carbocycles. The van der Waals surface area contributed by atoms with Crippen LogP contribution in [0.3, 0.4) is 0 Å². The Morgan fingerprint density at radius 2 is 1.04 bits per heavy atom. The van der Waals surface area contributed by atoms with E-state index in [0.29, 0.717) is 11.1 Å². The molecule has 51 heavy (non-hydrogen) atoms. The monoisotopic (exact) mass is 650 g/mol. The van der Waals surface area contributed by atoms with E-state index in [1.54, 1.807) is 0 Å². The van der Waals surface area contributed by atoms with E-state index in [2.05, 4.69) is 163 Å². The van der Waals surface area contributed by atoms with Crippen molar-refractivity contribution < 1.29 is 0 Å². The predicted molar refractivity (Wildman–Crippen MR) is 208 cm³/mol. The molecule has 0 radical (unpaired) electrons. The maximum Gasteiger partial charge on any atom is 0.0991 e. The fraction of sp³-hybridized carbons (Fsp3) is 0.0638. The van der Waals surface area contributed by atoms with Crippen LogP contribution >= 0.6 is 0 Å². The van der Waals surface area contributed by atoms with Crippen LogP contribution in [0.5, 0.6) is 0 Å². The molecule has 2 aromatic heterocycles. The van der Waals surface area contributed by atoms with Gasteiger partial charge in [-0.2, -0.15) is 10.5 Å². The zero-order valence-electron chi connectivity index (χ0n) is 28.1. The zero-order chi connectivity index (χ0) is 34.4. The molecule has 0 amide bonds. The number of fused-ring (bicyclic) bond motifs is 10. The number of hydrogen-bond acceptors (Lipinski definition) is 2. The summed E-state index contributed by atoms with van der Waals surface area (Å²) in [4.78, 5) is 0. The first-order valence-corrected chi connectivity index (χ1v) is 17.2. The average molecular weight is 651 g/mol. The second kappa shape index (κ2) is 10.6. The molecule has 2 heterocycles. The van der Waals surface area contributed by atoms with Gasteiger partial charge in [0.15, 0.2) is 0 Å². The second-order valence-electron chi connectivity index (χ2n) is 14.0. The Kier molecular flexibility index (Phi) is 6.02. The molecule has 0 N–H and O–H groups in total. The van der Waals surface area contributed by atoms with E-state index in [-0.39, 0.29) is 5.41 Å². The fourth-order valence-corrected chi connectivity index (χ4v) is 8.60. The highest BCUT2D eigenvalue weighted by molar-refractivity contribution is 6.16. The van der Waals surface area contributed by atoms with Crippen LogP contribution in [0.25, 0.3) is 77.2 Å². The van der Waals surface area contributed by atoms with Crippen LogP contribution in [0.2, 0.25) is 0 Å². The lowest BCUT2D eigenvalue weighted by molar-refractivity contribution is 0.660. The summed E-state index contributed by atoms with van der Waals surface area (Å²) >= 11 is 0. The van der Waals surface area contributed by atoms with E-state index in [4.69, 9.17) is 0 Å². The number of para-hydroxylation sites is 2. The molecule has 4 heteroatoms. The standard InChI is InChI=1S/C47H30N4/c1-47(2)40-20-17-29(27-48)24-39(40)45-41(47)21-19-37-35-13-3-6-16-43(35)51(46(37)45)34-12-8-10-32(26-34)31-9-7-11-33(25-31)50-42-15-5-4-14-36(42)38-23-30(28-49)18-22-44(38)50/h3-26H,1-2H3. The Morgan fingerprint density at radius 3 is 1.75 bits per heavy atom. The molecule has 1 aliphatic rings. The molecule has 0 spiro atoms. The number of nitriles is 2. The molecule has 7 aromatic carbocycles. The van der Waals surface area contributed by atoms with Gasteiger partial charge < -0.3 is 9.13 Å². The summed E-state index contributed by atoms with van der Waals surface area (Å²) in [5.74, 6) is 0. The van der Waals surface area contributed by atoms with Crippen molar-refractivity contribution in [3.05, 3.63) is 168 Å². The van der Waals surface area contributed by atoms with Gasteiger partial charge >= 0.3 is 0 Å². The summed E-state index contributed by atoms with van der Waals surface area (Å²) in [6.45, 7) is 4.57. The van der Waals surface area contributed by atoms with Gasteiger partial charge in [-0.25, -0.2) is 0 Å². The van der Waals surface area contributed by atoms with Crippen LogP contribution < -0.4 is 0 Å². The minimum absolute atomic E-state index is 0.195. The van der Waals surface area contributed by atoms with Crippen molar-refractivity contribution in [2.75, 3.05) is 0 Å². The lowest BCUT2D eigenvalue weighted by Crippen LogP contribution is -2.14. The van der Waals surface area contributed by atoms with Crippen LogP contribution in [0.4, 0.5) is 0 Å². The van der Waals surface area contributed by atoms with Crippen molar-refractivity contribution in [2.45, 2.75) is 19.3 Å².